The lowest BCUT2D eigenvalue weighted by molar-refractivity contribution is 0.210. The Kier molecular flexibility index (Phi) is 7.56. The van der Waals surface area contributed by atoms with Crippen molar-refractivity contribution in [3.8, 4) is 11.9 Å². The fraction of sp³-hybridized carbons (Fsp3) is 0.346. The highest BCUT2D eigenvalue weighted by Gasteiger charge is 2.21. The Hall–Kier alpha value is -3.28. The summed E-state index contributed by atoms with van der Waals surface area (Å²) in [6.45, 7) is 5.78. The highest BCUT2D eigenvalue weighted by Crippen LogP contribution is 2.36. The molecule has 2 aromatic carbocycles. The predicted molar refractivity (Wildman–Crippen MR) is 137 cm³/mol. The Morgan fingerprint density at radius 3 is 2.50 bits per heavy atom. The van der Waals surface area contributed by atoms with Crippen LogP contribution >= 0.6 is 11.8 Å². The largest absolute Gasteiger partial charge is 0.469 e. The van der Waals surface area contributed by atoms with Gasteiger partial charge in [0.25, 0.3) is 0 Å². The summed E-state index contributed by atoms with van der Waals surface area (Å²) in [6, 6.07) is 18.0. The van der Waals surface area contributed by atoms with E-state index in [-0.39, 0.29) is 6.10 Å². The second-order valence-corrected chi connectivity index (χ2v) is 9.73. The average Bonchev–Trinajstić information content (AvgIpc) is 2.86. The van der Waals surface area contributed by atoms with Crippen molar-refractivity contribution in [1.29, 1.82) is 5.26 Å². The molecule has 1 atom stereocenters. The summed E-state index contributed by atoms with van der Waals surface area (Å²) in [5.41, 5.74) is 2.85. The molecule has 1 aromatic heterocycles. The number of likely N-dealkylation sites (N-methyl/N-ethyl adjacent to an activating group) is 1. The van der Waals surface area contributed by atoms with Crippen LogP contribution in [0.1, 0.15) is 24.2 Å². The van der Waals surface area contributed by atoms with Crippen molar-refractivity contribution in [3.05, 3.63) is 65.9 Å². The van der Waals surface area contributed by atoms with Crippen LogP contribution in [0.25, 0.3) is 0 Å². The smallest absolute Gasteiger partial charge is 0.233 e. The van der Waals surface area contributed by atoms with Crippen LogP contribution in [0.3, 0.4) is 0 Å². The highest BCUT2D eigenvalue weighted by molar-refractivity contribution is 7.99. The number of anilines is 2. The second-order valence-electron chi connectivity index (χ2n) is 8.62. The molecule has 7 nitrogen and oxygen atoms in total. The van der Waals surface area contributed by atoms with Gasteiger partial charge in [-0.05, 0) is 55.9 Å². The molecule has 34 heavy (non-hydrogen) atoms. The summed E-state index contributed by atoms with van der Waals surface area (Å²) in [7, 11) is 6.20. The van der Waals surface area contributed by atoms with Gasteiger partial charge in [-0.15, -0.1) is 0 Å². The number of benzene rings is 2. The standard InChI is InChI=1S/C26H30N6OS/c1-19(21-6-5-7-22(16-21)30(2)3)33-25-24(34-23-10-8-20(17-27)9-11-23)18-28-26(29-25)32-14-12-31(4)13-15-32/h5-11,16,18-19H,12-15H2,1-4H3. The number of hydrogen-bond acceptors (Lipinski definition) is 8. The minimum Gasteiger partial charge on any atom is -0.469 e. The lowest BCUT2D eigenvalue weighted by Crippen LogP contribution is -2.45. The fourth-order valence-corrected chi connectivity index (χ4v) is 4.49. The maximum absolute atomic E-state index is 9.09. The minimum absolute atomic E-state index is 0.185. The van der Waals surface area contributed by atoms with Gasteiger partial charge in [-0.1, -0.05) is 23.9 Å². The van der Waals surface area contributed by atoms with Crippen LogP contribution in [0.4, 0.5) is 11.6 Å². The molecule has 4 rings (SSSR count). The average molecular weight is 475 g/mol. The Balaban J connectivity index is 1.62. The molecule has 1 aliphatic heterocycles. The topological polar surface area (TPSA) is 68.5 Å². The molecule has 0 radical (unpaired) electrons. The predicted octanol–water partition coefficient (Wildman–Crippen LogP) is 4.46. The molecule has 0 saturated carbocycles. The van der Waals surface area contributed by atoms with Gasteiger partial charge in [0, 0.05) is 50.9 Å². The molecule has 0 N–H and O–H groups in total. The number of nitrogens with zero attached hydrogens (tertiary/aromatic N) is 6. The zero-order valence-corrected chi connectivity index (χ0v) is 20.9. The molecular weight excluding hydrogens is 444 g/mol. The van der Waals surface area contributed by atoms with Crippen molar-refractivity contribution in [2.75, 3.05) is 57.1 Å². The molecule has 0 amide bonds. The van der Waals surface area contributed by atoms with E-state index in [2.05, 4.69) is 51.0 Å². The first kappa shape index (κ1) is 23.9. The van der Waals surface area contributed by atoms with Crippen molar-refractivity contribution in [2.24, 2.45) is 0 Å². The monoisotopic (exact) mass is 474 g/mol. The summed E-state index contributed by atoms with van der Waals surface area (Å²) in [6.07, 6.45) is 1.66. The third kappa shape index (κ3) is 5.79. The van der Waals surface area contributed by atoms with Gasteiger partial charge in [-0.2, -0.15) is 10.2 Å². The fourth-order valence-electron chi connectivity index (χ4n) is 3.68. The normalized spacial score (nSPS) is 15.0. The molecule has 1 unspecified atom stereocenters. The van der Waals surface area contributed by atoms with Gasteiger partial charge in [0.15, 0.2) is 0 Å². The van der Waals surface area contributed by atoms with Gasteiger partial charge < -0.3 is 19.4 Å². The van der Waals surface area contributed by atoms with Gasteiger partial charge in [0.05, 0.1) is 22.7 Å². The Labute approximate surface area is 206 Å². The van der Waals surface area contributed by atoms with Gasteiger partial charge >= 0.3 is 0 Å². The maximum Gasteiger partial charge on any atom is 0.233 e. The first-order valence-electron chi connectivity index (χ1n) is 11.4. The van der Waals surface area contributed by atoms with Crippen LogP contribution in [0.15, 0.2) is 64.5 Å². The number of ether oxygens (including phenoxy) is 1. The van der Waals surface area contributed by atoms with Gasteiger partial charge in [0.2, 0.25) is 11.8 Å². The lowest BCUT2D eigenvalue weighted by atomic mass is 10.1. The van der Waals surface area contributed by atoms with Gasteiger partial charge in [-0.3, -0.25) is 0 Å². The van der Waals surface area contributed by atoms with E-state index in [0.29, 0.717) is 17.4 Å². The zero-order valence-electron chi connectivity index (χ0n) is 20.1. The van der Waals surface area contributed by atoms with Crippen molar-refractivity contribution in [3.63, 3.8) is 0 Å². The van der Waals surface area contributed by atoms with Crippen LogP contribution in [0.5, 0.6) is 5.88 Å². The Morgan fingerprint density at radius 1 is 1.09 bits per heavy atom. The third-order valence-electron chi connectivity index (χ3n) is 5.85. The minimum atomic E-state index is -0.185. The number of nitriles is 1. The second kappa shape index (κ2) is 10.8. The van der Waals surface area contributed by atoms with Crippen LogP contribution in [0, 0.1) is 11.3 Å². The van der Waals surface area contributed by atoms with E-state index in [1.54, 1.807) is 0 Å². The van der Waals surface area contributed by atoms with E-state index in [4.69, 9.17) is 15.0 Å². The molecule has 1 fully saturated rings. The number of hydrogen-bond donors (Lipinski definition) is 0. The number of rotatable bonds is 7. The summed E-state index contributed by atoms with van der Waals surface area (Å²) < 4.78 is 6.46. The van der Waals surface area contributed by atoms with E-state index in [9.17, 15) is 0 Å². The van der Waals surface area contributed by atoms with E-state index >= 15 is 0 Å². The van der Waals surface area contributed by atoms with Crippen molar-refractivity contribution < 1.29 is 4.74 Å². The summed E-state index contributed by atoms with van der Waals surface area (Å²) in [5, 5.41) is 9.09. The number of piperazine rings is 1. The number of aromatic nitrogens is 2. The Morgan fingerprint density at radius 2 is 1.82 bits per heavy atom. The van der Waals surface area contributed by atoms with Crippen LogP contribution in [-0.4, -0.2) is 62.2 Å². The lowest BCUT2D eigenvalue weighted by Gasteiger charge is -2.32. The van der Waals surface area contributed by atoms with E-state index in [0.717, 1.165) is 47.2 Å². The van der Waals surface area contributed by atoms with E-state index in [1.807, 2.05) is 57.5 Å². The van der Waals surface area contributed by atoms with Gasteiger partial charge in [-0.25, -0.2) is 4.98 Å². The van der Waals surface area contributed by atoms with Crippen molar-refractivity contribution in [1.82, 2.24) is 14.9 Å². The highest BCUT2D eigenvalue weighted by atomic mass is 32.2. The van der Waals surface area contributed by atoms with Crippen LogP contribution in [-0.2, 0) is 0 Å². The quantitative estimate of drug-likeness (QED) is 0.497. The third-order valence-corrected chi connectivity index (χ3v) is 6.86. The van der Waals surface area contributed by atoms with E-state index in [1.165, 1.54) is 11.8 Å². The molecule has 3 aromatic rings. The molecule has 8 heteroatoms. The molecule has 2 heterocycles. The molecule has 1 saturated heterocycles. The molecule has 176 valence electrons. The first-order valence-corrected chi connectivity index (χ1v) is 12.2. The molecule has 0 bridgehead atoms. The summed E-state index contributed by atoms with van der Waals surface area (Å²) in [4.78, 5) is 18.0. The first-order chi connectivity index (χ1) is 16.4. The van der Waals surface area contributed by atoms with Crippen LogP contribution in [0.2, 0.25) is 0 Å². The molecule has 1 aliphatic rings. The SMILES string of the molecule is CC(Oc1nc(N2CCN(C)CC2)ncc1Sc1ccc(C#N)cc1)c1cccc(N(C)C)c1. The zero-order chi connectivity index (χ0) is 24.1. The molecule has 0 aliphatic carbocycles. The van der Waals surface area contributed by atoms with Crippen LogP contribution < -0.4 is 14.5 Å². The van der Waals surface area contributed by atoms with Crippen molar-refractivity contribution >= 4 is 23.4 Å². The van der Waals surface area contributed by atoms with Gasteiger partial charge in [0.1, 0.15) is 6.10 Å². The van der Waals surface area contributed by atoms with E-state index < -0.39 is 0 Å². The van der Waals surface area contributed by atoms with Crippen molar-refractivity contribution in [2.45, 2.75) is 22.8 Å². The Bertz CT molecular complexity index is 1150. The molecular formula is C26H30N6OS. The molecule has 0 spiro atoms. The summed E-state index contributed by atoms with van der Waals surface area (Å²) in [5.74, 6) is 1.27. The summed E-state index contributed by atoms with van der Waals surface area (Å²) >= 11 is 1.54. The maximum atomic E-state index is 9.09.